The number of esters is 1. The van der Waals surface area contributed by atoms with Gasteiger partial charge in [0.2, 0.25) is 0 Å². The molecular formula is C17H15BrF2N2O2. The van der Waals surface area contributed by atoms with Crippen LogP contribution in [0.5, 0.6) is 0 Å². The van der Waals surface area contributed by atoms with E-state index in [1.54, 1.807) is 12.1 Å². The van der Waals surface area contributed by atoms with Gasteiger partial charge in [-0.25, -0.2) is 13.6 Å². The highest BCUT2D eigenvalue weighted by Crippen LogP contribution is 2.23. The van der Waals surface area contributed by atoms with Crippen LogP contribution in [0.15, 0.2) is 46.9 Å². The van der Waals surface area contributed by atoms with Gasteiger partial charge in [-0.15, -0.1) is 0 Å². The third-order valence-corrected chi connectivity index (χ3v) is 3.65. The lowest BCUT2D eigenvalue weighted by Crippen LogP contribution is -2.21. The number of carbonyl (C=O) groups excluding carboxylic acids is 1. The summed E-state index contributed by atoms with van der Waals surface area (Å²) in [5, 5.41) is 2.83. The van der Waals surface area contributed by atoms with Gasteiger partial charge in [-0.1, -0.05) is 22.0 Å². The van der Waals surface area contributed by atoms with Gasteiger partial charge in [-0.2, -0.15) is 0 Å². The van der Waals surface area contributed by atoms with Crippen molar-refractivity contribution in [2.24, 2.45) is 5.73 Å². The van der Waals surface area contributed by atoms with Crippen LogP contribution in [0.1, 0.15) is 17.3 Å². The fourth-order valence-corrected chi connectivity index (χ4v) is 2.37. The molecule has 0 fully saturated rings. The van der Waals surface area contributed by atoms with E-state index in [1.807, 2.05) is 0 Å². The van der Waals surface area contributed by atoms with Crippen molar-refractivity contribution in [3.63, 3.8) is 0 Å². The minimum absolute atomic E-state index is 0.245. The van der Waals surface area contributed by atoms with Crippen molar-refractivity contribution in [2.75, 3.05) is 12.4 Å². The summed E-state index contributed by atoms with van der Waals surface area (Å²) >= 11 is 3.17. The molecule has 2 aromatic rings. The van der Waals surface area contributed by atoms with Crippen LogP contribution in [0, 0.1) is 11.6 Å². The van der Waals surface area contributed by atoms with Crippen LogP contribution >= 0.6 is 15.9 Å². The van der Waals surface area contributed by atoms with Crippen molar-refractivity contribution >= 4 is 33.7 Å². The topological polar surface area (TPSA) is 64.3 Å². The monoisotopic (exact) mass is 396 g/mol. The summed E-state index contributed by atoms with van der Waals surface area (Å²) in [6.45, 7) is 0. The van der Waals surface area contributed by atoms with Crippen molar-refractivity contribution < 1.29 is 18.3 Å². The first kappa shape index (κ1) is 18.1. The summed E-state index contributed by atoms with van der Waals surface area (Å²) in [5.41, 5.74) is 6.98. The zero-order chi connectivity index (χ0) is 17.7. The van der Waals surface area contributed by atoms with Crippen molar-refractivity contribution in [1.82, 2.24) is 0 Å². The largest absolute Gasteiger partial charge is 0.466 e. The second-order valence-corrected chi connectivity index (χ2v) is 5.83. The number of rotatable bonds is 5. The maximum absolute atomic E-state index is 13.9. The van der Waals surface area contributed by atoms with E-state index in [0.29, 0.717) is 15.7 Å². The second kappa shape index (κ2) is 8.03. The second-order valence-electron chi connectivity index (χ2n) is 4.92. The summed E-state index contributed by atoms with van der Waals surface area (Å²) in [4.78, 5) is 11.1. The Morgan fingerprint density at radius 2 is 2.04 bits per heavy atom. The van der Waals surface area contributed by atoms with Gasteiger partial charge in [-0.3, -0.25) is 0 Å². The Balaban J connectivity index is 2.21. The molecule has 24 heavy (non-hydrogen) atoms. The summed E-state index contributed by atoms with van der Waals surface area (Å²) in [7, 11) is 1.25. The number of anilines is 1. The van der Waals surface area contributed by atoms with Crippen LogP contribution in [-0.4, -0.2) is 13.1 Å². The van der Waals surface area contributed by atoms with E-state index in [-0.39, 0.29) is 5.56 Å². The molecule has 4 nitrogen and oxygen atoms in total. The number of halogens is 3. The van der Waals surface area contributed by atoms with Crippen LogP contribution in [-0.2, 0) is 9.53 Å². The van der Waals surface area contributed by atoms with Gasteiger partial charge in [0.05, 0.1) is 7.11 Å². The van der Waals surface area contributed by atoms with Gasteiger partial charge in [0.15, 0.2) is 0 Å². The number of hydrogen-bond acceptors (Lipinski definition) is 4. The molecule has 0 amide bonds. The fourth-order valence-electron chi connectivity index (χ4n) is 2.04. The SMILES string of the molecule is COC(=O)C=Cc1cc(F)cc(NC(N)c2ccc(Br)cc2F)c1. The molecule has 1 unspecified atom stereocenters. The van der Waals surface area contributed by atoms with E-state index in [4.69, 9.17) is 5.73 Å². The summed E-state index contributed by atoms with van der Waals surface area (Å²) < 4.78 is 32.7. The lowest BCUT2D eigenvalue weighted by molar-refractivity contribution is -0.134. The molecule has 0 spiro atoms. The normalized spacial score (nSPS) is 12.2. The average Bonchev–Trinajstić information content (AvgIpc) is 2.51. The van der Waals surface area contributed by atoms with Crippen molar-refractivity contribution in [2.45, 2.75) is 6.17 Å². The molecule has 1 atom stereocenters. The molecule has 0 aromatic heterocycles. The van der Waals surface area contributed by atoms with E-state index in [1.165, 1.54) is 43.5 Å². The van der Waals surface area contributed by atoms with Crippen LogP contribution in [0.3, 0.4) is 0 Å². The van der Waals surface area contributed by atoms with E-state index in [0.717, 1.165) is 0 Å². The van der Waals surface area contributed by atoms with E-state index < -0.39 is 23.8 Å². The number of nitrogens with two attached hydrogens (primary N) is 1. The van der Waals surface area contributed by atoms with E-state index in [9.17, 15) is 13.6 Å². The summed E-state index contributed by atoms with van der Waals surface area (Å²) in [5.74, 6) is -1.55. The number of benzene rings is 2. The first-order chi connectivity index (χ1) is 11.4. The van der Waals surface area contributed by atoms with Crippen LogP contribution in [0.4, 0.5) is 14.5 Å². The van der Waals surface area contributed by atoms with Gasteiger partial charge >= 0.3 is 5.97 Å². The number of nitrogens with one attached hydrogen (secondary N) is 1. The molecule has 0 saturated heterocycles. The summed E-state index contributed by atoms with van der Waals surface area (Å²) in [6.07, 6.45) is 1.72. The average molecular weight is 397 g/mol. The highest BCUT2D eigenvalue weighted by Gasteiger charge is 2.12. The molecule has 0 bridgehead atoms. The Bertz CT molecular complexity index is 781. The number of carbonyl (C=O) groups is 1. The predicted molar refractivity (Wildman–Crippen MR) is 92.1 cm³/mol. The Hall–Kier alpha value is -2.25. The van der Waals surface area contributed by atoms with Gasteiger partial charge in [0, 0.05) is 21.8 Å². The third-order valence-electron chi connectivity index (χ3n) is 3.15. The van der Waals surface area contributed by atoms with Crippen molar-refractivity contribution in [1.29, 1.82) is 0 Å². The number of hydrogen-bond donors (Lipinski definition) is 2. The molecule has 7 heteroatoms. The standard InChI is InChI=1S/C17H15BrF2N2O2/c1-24-16(23)5-2-10-6-12(19)9-13(7-10)22-17(21)14-4-3-11(18)8-15(14)20/h2-9,17,22H,21H2,1H3. The van der Waals surface area contributed by atoms with Crippen molar-refractivity contribution in [3.8, 4) is 0 Å². The van der Waals surface area contributed by atoms with Crippen LogP contribution in [0.2, 0.25) is 0 Å². The molecule has 126 valence electrons. The first-order valence-corrected chi connectivity index (χ1v) is 7.72. The maximum atomic E-state index is 13.9. The summed E-state index contributed by atoms with van der Waals surface area (Å²) in [6, 6.07) is 8.55. The van der Waals surface area contributed by atoms with Gasteiger partial charge in [0.25, 0.3) is 0 Å². The Kier molecular flexibility index (Phi) is 6.05. The zero-order valence-electron chi connectivity index (χ0n) is 12.7. The molecule has 0 aliphatic heterocycles. The molecule has 2 rings (SSSR count). The lowest BCUT2D eigenvalue weighted by Gasteiger charge is -2.17. The molecule has 3 N–H and O–H groups in total. The van der Waals surface area contributed by atoms with Gasteiger partial charge in [-0.05, 0) is 42.0 Å². The molecule has 0 aliphatic rings. The maximum Gasteiger partial charge on any atom is 0.330 e. The molecule has 0 aliphatic carbocycles. The lowest BCUT2D eigenvalue weighted by atomic mass is 10.1. The quantitative estimate of drug-likeness (QED) is 0.455. The van der Waals surface area contributed by atoms with E-state index >= 15 is 0 Å². The third kappa shape index (κ3) is 4.87. The van der Waals surface area contributed by atoms with Crippen LogP contribution < -0.4 is 11.1 Å². The van der Waals surface area contributed by atoms with Crippen molar-refractivity contribution in [3.05, 3.63) is 69.7 Å². The smallest absolute Gasteiger partial charge is 0.330 e. The first-order valence-electron chi connectivity index (χ1n) is 6.92. The Morgan fingerprint density at radius 3 is 2.71 bits per heavy atom. The minimum Gasteiger partial charge on any atom is -0.466 e. The number of methoxy groups -OCH3 is 1. The number of ether oxygens (including phenoxy) is 1. The van der Waals surface area contributed by atoms with Gasteiger partial charge < -0.3 is 15.8 Å². The zero-order valence-corrected chi connectivity index (χ0v) is 14.3. The van der Waals surface area contributed by atoms with Crippen LogP contribution in [0.25, 0.3) is 6.08 Å². The fraction of sp³-hybridized carbons (Fsp3) is 0.118. The van der Waals surface area contributed by atoms with E-state index in [2.05, 4.69) is 26.0 Å². The highest BCUT2D eigenvalue weighted by molar-refractivity contribution is 9.10. The molecule has 0 saturated carbocycles. The molecule has 2 aromatic carbocycles. The highest BCUT2D eigenvalue weighted by atomic mass is 79.9. The van der Waals surface area contributed by atoms with Gasteiger partial charge in [0.1, 0.15) is 17.8 Å². The minimum atomic E-state index is -0.864. The predicted octanol–water partition coefficient (Wildman–Crippen LogP) is 3.98. The Morgan fingerprint density at radius 1 is 1.29 bits per heavy atom. The Labute approximate surface area is 146 Å². The molecule has 0 heterocycles. The molecule has 0 radical (unpaired) electrons. The molecular weight excluding hydrogens is 382 g/mol.